The fourth-order valence-electron chi connectivity index (χ4n) is 4.36. The third-order valence-corrected chi connectivity index (χ3v) is 6.24. The number of pyridine rings is 2. The molecule has 5 rings (SSSR count). The average Bonchev–Trinajstić information content (AvgIpc) is 3.39. The maximum absolute atomic E-state index is 13.7. The molecule has 10 heteroatoms. The summed E-state index contributed by atoms with van der Waals surface area (Å²) >= 11 is 0. The van der Waals surface area contributed by atoms with E-state index in [1.165, 1.54) is 6.07 Å². The number of nitrogens with zero attached hydrogens (tertiary/aromatic N) is 4. The van der Waals surface area contributed by atoms with Gasteiger partial charge in [0.2, 0.25) is 0 Å². The Morgan fingerprint density at radius 3 is 2.82 bits per heavy atom. The number of amides is 1. The molecule has 2 unspecified atom stereocenters. The van der Waals surface area contributed by atoms with Crippen LogP contribution in [0, 0.1) is 0 Å². The van der Waals surface area contributed by atoms with Crippen molar-refractivity contribution in [3.63, 3.8) is 0 Å². The SMILES string of the molecule is CC1OCc2c1c(N)nc1ccc(C(=O)N(Cc3cn4ccccc4n3)C(C)C(F)(F)F)cc21. The molecule has 1 aliphatic rings. The van der Waals surface area contributed by atoms with Gasteiger partial charge in [0.15, 0.2) is 0 Å². The lowest BCUT2D eigenvalue weighted by Gasteiger charge is -2.30. The number of benzene rings is 1. The topological polar surface area (TPSA) is 85.8 Å². The first-order chi connectivity index (χ1) is 16.1. The van der Waals surface area contributed by atoms with Gasteiger partial charge in [-0.2, -0.15) is 13.2 Å². The van der Waals surface area contributed by atoms with Gasteiger partial charge in [-0.3, -0.25) is 4.79 Å². The van der Waals surface area contributed by atoms with Gasteiger partial charge in [0.25, 0.3) is 5.91 Å². The first kappa shape index (κ1) is 22.1. The van der Waals surface area contributed by atoms with E-state index in [0.29, 0.717) is 34.7 Å². The second kappa shape index (κ2) is 7.98. The fraction of sp³-hybridized carbons (Fsp3) is 0.292. The van der Waals surface area contributed by atoms with Crippen molar-refractivity contribution in [2.45, 2.75) is 45.3 Å². The molecule has 0 fully saturated rings. The van der Waals surface area contributed by atoms with Crippen LogP contribution in [-0.4, -0.2) is 37.4 Å². The summed E-state index contributed by atoms with van der Waals surface area (Å²) in [5.74, 6) is -0.396. The highest BCUT2D eigenvalue weighted by atomic mass is 19.4. The number of anilines is 1. The van der Waals surface area contributed by atoms with Crippen LogP contribution in [-0.2, 0) is 17.9 Å². The number of halogens is 3. The number of nitrogens with two attached hydrogens (primary N) is 1. The Kier molecular flexibility index (Phi) is 5.20. The van der Waals surface area contributed by atoms with Crippen molar-refractivity contribution in [2.24, 2.45) is 0 Å². The Morgan fingerprint density at radius 2 is 2.09 bits per heavy atom. The number of hydrogen-bond donors (Lipinski definition) is 1. The summed E-state index contributed by atoms with van der Waals surface area (Å²) in [7, 11) is 0. The zero-order valence-electron chi connectivity index (χ0n) is 18.5. The van der Waals surface area contributed by atoms with Crippen LogP contribution in [0.25, 0.3) is 16.6 Å². The van der Waals surface area contributed by atoms with Crippen molar-refractivity contribution < 1.29 is 22.7 Å². The molecular weight excluding hydrogens is 447 g/mol. The Hall–Kier alpha value is -3.66. The molecule has 1 aliphatic heterocycles. The van der Waals surface area contributed by atoms with E-state index in [4.69, 9.17) is 10.5 Å². The maximum Gasteiger partial charge on any atom is 0.408 e. The van der Waals surface area contributed by atoms with E-state index < -0.39 is 18.1 Å². The molecule has 4 heterocycles. The number of nitrogen functional groups attached to an aromatic ring is 1. The van der Waals surface area contributed by atoms with Crippen LogP contribution in [0.4, 0.5) is 19.0 Å². The van der Waals surface area contributed by atoms with Crippen LogP contribution in [0.1, 0.15) is 47.1 Å². The van der Waals surface area contributed by atoms with Crippen molar-refractivity contribution in [3.8, 4) is 0 Å². The summed E-state index contributed by atoms with van der Waals surface area (Å²) in [4.78, 5) is 23.0. The van der Waals surface area contributed by atoms with E-state index in [1.807, 2.05) is 6.92 Å². The molecule has 0 bridgehead atoms. The maximum atomic E-state index is 13.7. The third kappa shape index (κ3) is 3.73. The summed E-state index contributed by atoms with van der Waals surface area (Å²) in [5.41, 5.74) is 9.26. The molecule has 3 aromatic heterocycles. The number of aromatic nitrogens is 3. The zero-order valence-corrected chi connectivity index (χ0v) is 18.5. The fourth-order valence-corrected chi connectivity index (χ4v) is 4.36. The highest BCUT2D eigenvalue weighted by Crippen LogP contribution is 2.38. The number of alkyl halides is 3. The van der Waals surface area contributed by atoms with Gasteiger partial charge in [0.1, 0.15) is 17.5 Å². The van der Waals surface area contributed by atoms with Gasteiger partial charge >= 0.3 is 6.18 Å². The van der Waals surface area contributed by atoms with E-state index in [9.17, 15) is 18.0 Å². The van der Waals surface area contributed by atoms with E-state index in [1.54, 1.807) is 47.1 Å². The Bertz CT molecular complexity index is 1380. The van der Waals surface area contributed by atoms with E-state index in [0.717, 1.165) is 23.0 Å². The van der Waals surface area contributed by atoms with Crippen LogP contribution >= 0.6 is 0 Å². The summed E-state index contributed by atoms with van der Waals surface area (Å²) < 4.78 is 48.6. The van der Waals surface area contributed by atoms with Gasteiger partial charge in [-0.25, -0.2) is 9.97 Å². The predicted octanol–water partition coefficient (Wildman–Crippen LogP) is 4.65. The quantitative estimate of drug-likeness (QED) is 0.470. The van der Waals surface area contributed by atoms with E-state index in [-0.39, 0.29) is 18.2 Å². The van der Waals surface area contributed by atoms with Crippen LogP contribution in [0.3, 0.4) is 0 Å². The number of carbonyl (C=O) groups excluding carboxylic acids is 1. The molecule has 34 heavy (non-hydrogen) atoms. The second-order valence-electron chi connectivity index (χ2n) is 8.42. The van der Waals surface area contributed by atoms with Gasteiger partial charge in [-0.1, -0.05) is 6.07 Å². The minimum absolute atomic E-state index is 0.126. The molecule has 1 aromatic carbocycles. The van der Waals surface area contributed by atoms with Crippen LogP contribution in [0.2, 0.25) is 0 Å². The van der Waals surface area contributed by atoms with E-state index in [2.05, 4.69) is 9.97 Å². The van der Waals surface area contributed by atoms with Crippen molar-refractivity contribution in [3.05, 3.63) is 71.2 Å². The second-order valence-corrected chi connectivity index (χ2v) is 8.42. The molecule has 4 aromatic rings. The number of hydrogen-bond acceptors (Lipinski definition) is 5. The van der Waals surface area contributed by atoms with Gasteiger partial charge in [0, 0.05) is 28.9 Å². The smallest absolute Gasteiger partial charge is 0.383 e. The Labute approximate surface area is 193 Å². The summed E-state index contributed by atoms with van der Waals surface area (Å²) in [6.45, 7) is 2.83. The van der Waals surface area contributed by atoms with Crippen molar-refractivity contribution in [2.75, 3.05) is 5.73 Å². The third-order valence-electron chi connectivity index (χ3n) is 6.24. The van der Waals surface area contributed by atoms with Gasteiger partial charge in [-0.15, -0.1) is 0 Å². The van der Waals surface area contributed by atoms with Crippen LogP contribution in [0.5, 0.6) is 0 Å². The number of carbonyl (C=O) groups is 1. The molecule has 0 saturated carbocycles. The molecule has 0 aliphatic carbocycles. The lowest BCUT2D eigenvalue weighted by Crippen LogP contribution is -2.46. The van der Waals surface area contributed by atoms with Crippen molar-refractivity contribution in [1.82, 2.24) is 19.3 Å². The van der Waals surface area contributed by atoms with E-state index >= 15 is 0 Å². The average molecular weight is 469 g/mol. The van der Waals surface area contributed by atoms with Gasteiger partial charge in [0.05, 0.1) is 30.5 Å². The first-order valence-corrected chi connectivity index (χ1v) is 10.8. The molecule has 2 N–H and O–H groups in total. The van der Waals surface area contributed by atoms with Gasteiger partial charge < -0.3 is 19.8 Å². The largest absolute Gasteiger partial charge is 0.408 e. The number of imidazole rings is 1. The lowest BCUT2D eigenvalue weighted by molar-refractivity contribution is -0.173. The number of ether oxygens (including phenoxy) is 1. The monoisotopic (exact) mass is 469 g/mol. The normalized spacial score (nSPS) is 16.7. The standard InChI is InChI=1S/C24H22F3N5O2/c1-13-21-18(12-34-13)17-9-15(6-7-19(17)30-22(21)28)23(33)32(14(2)24(25,26)27)11-16-10-31-8-4-3-5-20(31)29-16/h3-10,13-14H,11-12H2,1-2H3,(H2,28,30). The minimum atomic E-state index is -4.60. The first-order valence-electron chi connectivity index (χ1n) is 10.8. The zero-order chi connectivity index (χ0) is 24.2. The van der Waals surface area contributed by atoms with Crippen molar-refractivity contribution in [1.29, 1.82) is 0 Å². The highest BCUT2D eigenvalue weighted by Gasteiger charge is 2.42. The summed E-state index contributed by atoms with van der Waals surface area (Å²) in [6, 6.07) is 7.95. The lowest BCUT2D eigenvalue weighted by atomic mass is 10.00. The predicted molar refractivity (Wildman–Crippen MR) is 120 cm³/mol. The highest BCUT2D eigenvalue weighted by molar-refractivity contribution is 5.99. The minimum Gasteiger partial charge on any atom is -0.383 e. The number of rotatable bonds is 4. The molecular formula is C24H22F3N5O2. The van der Waals surface area contributed by atoms with Gasteiger partial charge in [-0.05, 0) is 49.7 Å². The number of fused-ring (bicyclic) bond motifs is 4. The van der Waals surface area contributed by atoms with Crippen molar-refractivity contribution >= 4 is 28.3 Å². The van der Waals surface area contributed by atoms with Crippen LogP contribution in [0.15, 0.2) is 48.8 Å². The van der Waals surface area contributed by atoms with Crippen LogP contribution < -0.4 is 5.73 Å². The molecule has 0 spiro atoms. The molecule has 0 radical (unpaired) electrons. The summed E-state index contributed by atoms with van der Waals surface area (Å²) in [6.07, 6.45) is -1.48. The molecule has 176 valence electrons. The molecule has 0 saturated heterocycles. The Morgan fingerprint density at radius 1 is 1.29 bits per heavy atom. The molecule has 7 nitrogen and oxygen atoms in total. The molecule has 1 amide bonds. The molecule has 2 atom stereocenters. The summed E-state index contributed by atoms with van der Waals surface area (Å²) in [5, 5.41) is 0.645. The Balaban J connectivity index is 1.56.